The summed E-state index contributed by atoms with van der Waals surface area (Å²) in [6.45, 7) is 8.57. The van der Waals surface area contributed by atoms with Gasteiger partial charge in [-0.25, -0.2) is 0 Å². The van der Waals surface area contributed by atoms with Gasteiger partial charge in [-0.05, 0) is 51.1 Å². The van der Waals surface area contributed by atoms with E-state index in [9.17, 15) is 0 Å². The lowest BCUT2D eigenvalue weighted by atomic mass is 9.91. The van der Waals surface area contributed by atoms with E-state index in [1.807, 2.05) is 0 Å². The summed E-state index contributed by atoms with van der Waals surface area (Å²) in [5, 5.41) is 3.70. The van der Waals surface area contributed by atoms with Crippen molar-refractivity contribution >= 4 is 0 Å². The van der Waals surface area contributed by atoms with E-state index in [1.165, 1.54) is 64.6 Å². The maximum absolute atomic E-state index is 3.70. The number of hydrogen-bond acceptors (Lipinski definition) is 2. The number of nitrogens with one attached hydrogen (secondary N) is 1. The van der Waals surface area contributed by atoms with Gasteiger partial charge >= 0.3 is 0 Å². The van der Waals surface area contributed by atoms with Gasteiger partial charge in [0.2, 0.25) is 0 Å². The summed E-state index contributed by atoms with van der Waals surface area (Å²) in [6.07, 6.45) is 9.82. The van der Waals surface area contributed by atoms with Crippen LogP contribution in [0.3, 0.4) is 0 Å². The van der Waals surface area contributed by atoms with Crippen LogP contribution < -0.4 is 5.32 Å². The Morgan fingerprint density at radius 1 is 1.12 bits per heavy atom. The third-order valence-electron chi connectivity index (χ3n) is 4.55. The minimum absolute atomic E-state index is 0.790. The lowest BCUT2D eigenvalue weighted by Crippen LogP contribution is -2.46. The number of nitrogens with zero attached hydrogens (tertiary/aromatic N) is 1. The second kappa shape index (κ2) is 6.75. The minimum atomic E-state index is 0.790. The normalized spacial score (nSPS) is 25.1. The Hall–Kier alpha value is -0.0800. The Labute approximate surface area is 107 Å². The molecule has 0 aromatic rings. The Morgan fingerprint density at radius 3 is 2.35 bits per heavy atom. The molecule has 2 nitrogen and oxygen atoms in total. The quantitative estimate of drug-likeness (QED) is 0.733. The molecule has 2 rings (SSSR count). The molecule has 0 aromatic carbocycles. The highest BCUT2D eigenvalue weighted by atomic mass is 15.2. The molecule has 1 saturated carbocycles. The number of rotatable bonds is 7. The van der Waals surface area contributed by atoms with Crippen LogP contribution in [0.5, 0.6) is 0 Å². The first-order valence-electron chi connectivity index (χ1n) is 7.80. The van der Waals surface area contributed by atoms with E-state index >= 15 is 0 Å². The van der Waals surface area contributed by atoms with Gasteiger partial charge in [0.25, 0.3) is 0 Å². The largest absolute Gasteiger partial charge is 0.312 e. The molecule has 1 aliphatic carbocycles. The van der Waals surface area contributed by atoms with Crippen LogP contribution in [0.15, 0.2) is 0 Å². The monoisotopic (exact) mass is 238 g/mol. The summed E-state index contributed by atoms with van der Waals surface area (Å²) in [7, 11) is 0. The predicted molar refractivity (Wildman–Crippen MR) is 74.3 cm³/mol. The molecule has 2 fully saturated rings. The lowest BCUT2D eigenvalue weighted by molar-refractivity contribution is 0.123. The molecule has 1 atom stereocenters. The molecule has 1 saturated heterocycles. The Bertz CT molecular complexity index is 205. The summed E-state index contributed by atoms with van der Waals surface area (Å²) in [6, 6.07) is 1.65. The maximum atomic E-state index is 3.70. The SMILES string of the molecule is CCCC1CCN(C(CC)CNC2CC2)CC1. The summed E-state index contributed by atoms with van der Waals surface area (Å²) in [5.74, 6) is 1.02. The molecule has 100 valence electrons. The van der Waals surface area contributed by atoms with Crippen LogP contribution in [0.4, 0.5) is 0 Å². The van der Waals surface area contributed by atoms with E-state index < -0.39 is 0 Å². The fourth-order valence-corrected chi connectivity index (χ4v) is 3.14. The number of likely N-dealkylation sites (tertiary alicyclic amines) is 1. The van der Waals surface area contributed by atoms with E-state index in [4.69, 9.17) is 0 Å². The molecule has 0 bridgehead atoms. The smallest absolute Gasteiger partial charge is 0.0218 e. The number of piperidine rings is 1. The highest BCUT2D eigenvalue weighted by molar-refractivity contribution is 4.85. The standard InChI is InChI=1S/C15H30N2/c1-3-5-13-8-10-17(11-9-13)15(4-2)12-16-14-6-7-14/h13-16H,3-12H2,1-2H3. The highest BCUT2D eigenvalue weighted by Crippen LogP contribution is 2.24. The van der Waals surface area contributed by atoms with Crippen LogP contribution in [-0.4, -0.2) is 36.6 Å². The molecule has 17 heavy (non-hydrogen) atoms. The van der Waals surface area contributed by atoms with Gasteiger partial charge in [-0.15, -0.1) is 0 Å². The first-order valence-corrected chi connectivity index (χ1v) is 7.80. The van der Waals surface area contributed by atoms with E-state index in [-0.39, 0.29) is 0 Å². The van der Waals surface area contributed by atoms with Gasteiger partial charge in [-0.1, -0.05) is 26.7 Å². The molecule has 0 amide bonds. The Kier molecular flexibility index (Phi) is 5.30. The molecule has 0 spiro atoms. The summed E-state index contributed by atoms with van der Waals surface area (Å²) in [4.78, 5) is 2.74. The fraction of sp³-hybridized carbons (Fsp3) is 1.00. The zero-order chi connectivity index (χ0) is 12.1. The molecular weight excluding hydrogens is 208 g/mol. The van der Waals surface area contributed by atoms with Gasteiger partial charge in [-0.3, -0.25) is 4.90 Å². The van der Waals surface area contributed by atoms with Gasteiger partial charge in [0, 0.05) is 18.6 Å². The van der Waals surface area contributed by atoms with Crippen LogP contribution in [0.2, 0.25) is 0 Å². The molecule has 1 aliphatic heterocycles. The summed E-state index contributed by atoms with van der Waals surface area (Å²) in [5.41, 5.74) is 0. The Morgan fingerprint density at radius 2 is 1.82 bits per heavy atom. The van der Waals surface area contributed by atoms with E-state index in [0.29, 0.717) is 0 Å². The second-order valence-electron chi connectivity index (χ2n) is 6.01. The zero-order valence-electron chi connectivity index (χ0n) is 11.8. The van der Waals surface area contributed by atoms with Gasteiger partial charge < -0.3 is 5.32 Å². The van der Waals surface area contributed by atoms with Crippen molar-refractivity contribution < 1.29 is 0 Å². The van der Waals surface area contributed by atoms with E-state index in [0.717, 1.165) is 18.0 Å². The van der Waals surface area contributed by atoms with Crippen molar-refractivity contribution in [1.29, 1.82) is 0 Å². The predicted octanol–water partition coefficient (Wildman–Crippen LogP) is 3.03. The average molecular weight is 238 g/mol. The molecule has 1 heterocycles. The van der Waals surface area contributed by atoms with Gasteiger partial charge in [0.1, 0.15) is 0 Å². The van der Waals surface area contributed by atoms with Crippen LogP contribution in [0.25, 0.3) is 0 Å². The first-order chi connectivity index (χ1) is 8.33. The average Bonchev–Trinajstić information content (AvgIpc) is 3.16. The van der Waals surface area contributed by atoms with E-state index in [1.54, 1.807) is 0 Å². The molecule has 0 radical (unpaired) electrons. The van der Waals surface area contributed by atoms with Crippen molar-refractivity contribution in [3.63, 3.8) is 0 Å². The van der Waals surface area contributed by atoms with Crippen LogP contribution in [-0.2, 0) is 0 Å². The van der Waals surface area contributed by atoms with Gasteiger partial charge in [0.15, 0.2) is 0 Å². The molecule has 2 heteroatoms. The van der Waals surface area contributed by atoms with Crippen molar-refractivity contribution in [1.82, 2.24) is 10.2 Å². The third-order valence-corrected chi connectivity index (χ3v) is 4.55. The van der Waals surface area contributed by atoms with E-state index in [2.05, 4.69) is 24.1 Å². The maximum Gasteiger partial charge on any atom is 0.0218 e. The molecule has 0 aromatic heterocycles. The van der Waals surface area contributed by atoms with Crippen molar-refractivity contribution in [2.75, 3.05) is 19.6 Å². The summed E-state index contributed by atoms with van der Waals surface area (Å²) >= 11 is 0. The Balaban J connectivity index is 1.68. The van der Waals surface area contributed by atoms with Crippen molar-refractivity contribution in [3.05, 3.63) is 0 Å². The second-order valence-corrected chi connectivity index (χ2v) is 6.01. The molecular formula is C15H30N2. The van der Waals surface area contributed by atoms with Crippen molar-refractivity contribution in [3.8, 4) is 0 Å². The van der Waals surface area contributed by atoms with Crippen molar-refractivity contribution in [2.45, 2.75) is 70.9 Å². The third kappa shape index (κ3) is 4.26. The van der Waals surface area contributed by atoms with Crippen LogP contribution in [0.1, 0.15) is 58.8 Å². The van der Waals surface area contributed by atoms with Crippen molar-refractivity contribution in [2.24, 2.45) is 5.92 Å². The highest BCUT2D eigenvalue weighted by Gasteiger charge is 2.26. The molecule has 1 unspecified atom stereocenters. The molecule has 2 aliphatic rings. The zero-order valence-corrected chi connectivity index (χ0v) is 11.8. The van der Waals surface area contributed by atoms with Gasteiger partial charge in [0.05, 0.1) is 0 Å². The first kappa shape index (κ1) is 13.4. The number of hydrogen-bond donors (Lipinski definition) is 1. The molecule has 1 N–H and O–H groups in total. The van der Waals surface area contributed by atoms with Crippen LogP contribution in [0, 0.1) is 5.92 Å². The van der Waals surface area contributed by atoms with Gasteiger partial charge in [-0.2, -0.15) is 0 Å². The lowest BCUT2D eigenvalue weighted by Gasteiger charge is -2.37. The minimum Gasteiger partial charge on any atom is -0.312 e. The topological polar surface area (TPSA) is 15.3 Å². The van der Waals surface area contributed by atoms with Crippen LogP contribution >= 0.6 is 0 Å². The summed E-state index contributed by atoms with van der Waals surface area (Å²) < 4.78 is 0. The fourth-order valence-electron chi connectivity index (χ4n) is 3.14.